The van der Waals surface area contributed by atoms with E-state index in [4.69, 9.17) is 0 Å². The summed E-state index contributed by atoms with van der Waals surface area (Å²) >= 11 is 1.77. The van der Waals surface area contributed by atoms with Gasteiger partial charge in [0.2, 0.25) is 5.91 Å². The highest BCUT2D eigenvalue weighted by molar-refractivity contribution is 7.09. The molecule has 0 unspecified atom stereocenters. The first-order valence-electron chi connectivity index (χ1n) is 7.15. The number of unbranched alkanes of at least 4 members (excludes halogenated alkanes) is 1. The predicted octanol–water partition coefficient (Wildman–Crippen LogP) is 3.92. The standard InChI is InChI=1S/C17H20N2OS/c1-14-8-10-15(11-9-14)13-18-19-17(20)7-3-2-5-16-6-4-12-21-16/h4,6,8-13H,2-3,5,7H2,1H3,(H,19,20)/b18-13+. The zero-order valence-electron chi connectivity index (χ0n) is 12.2. The molecule has 0 saturated carbocycles. The molecule has 0 aliphatic heterocycles. The van der Waals surface area contributed by atoms with Gasteiger partial charge in [-0.05, 0) is 43.2 Å². The molecule has 2 aromatic rings. The first-order chi connectivity index (χ1) is 10.2. The lowest BCUT2D eigenvalue weighted by Crippen LogP contribution is -2.16. The smallest absolute Gasteiger partial charge is 0.240 e. The van der Waals surface area contributed by atoms with Crippen molar-refractivity contribution in [2.45, 2.75) is 32.6 Å². The van der Waals surface area contributed by atoms with E-state index in [2.05, 4.69) is 28.0 Å². The van der Waals surface area contributed by atoms with Crippen LogP contribution in [0.25, 0.3) is 0 Å². The predicted molar refractivity (Wildman–Crippen MR) is 88.8 cm³/mol. The minimum absolute atomic E-state index is 0.0236. The first-order valence-corrected chi connectivity index (χ1v) is 8.03. The number of thiophene rings is 1. The molecule has 21 heavy (non-hydrogen) atoms. The van der Waals surface area contributed by atoms with Crippen LogP contribution in [0.5, 0.6) is 0 Å². The number of carbonyl (C=O) groups is 1. The number of nitrogens with zero attached hydrogens (tertiary/aromatic N) is 1. The van der Waals surface area contributed by atoms with E-state index in [9.17, 15) is 4.79 Å². The summed E-state index contributed by atoms with van der Waals surface area (Å²) in [4.78, 5) is 13.0. The summed E-state index contributed by atoms with van der Waals surface area (Å²) in [6, 6.07) is 12.2. The van der Waals surface area contributed by atoms with Crippen LogP contribution < -0.4 is 5.43 Å². The van der Waals surface area contributed by atoms with E-state index in [1.807, 2.05) is 31.2 Å². The second kappa shape index (κ2) is 8.37. The molecule has 0 aliphatic carbocycles. The number of benzene rings is 1. The van der Waals surface area contributed by atoms with Crippen molar-refractivity contribution in [3.63, 3.8) is 0 Å². The van der Waals surface area contributed by atoms with Crippen LogP contribution in [-0.2, 0) is 11.2 Å². The van der Waals surface area contributed by atoms with Gasteiger partial charge in [-0.2, -0.15) is 5.10 Å². The van der Waals surface area contributed by atoms with Crippen LogP contribution >= 0.6 is 11.3 Å². The summed E-state index contributed by atoms with van der Waals surface area (Å²) < 4.78 is 0. The molecule has 0 bridgehead atoms. The van der Waals surface area contributed by atoms with Crippen LogP contribution in [0.4, 0.5) is 0 Å². The second-order valence-electron chi connectivity index (χ2n) is 4.99. The number of hydrogen-bond donors (Lipinski definition) is 1. The SMILES string of the molecule is Cc1ccc(/C=N/NC(=O)CCCCc2cccs2)cc1. The first kappa shape index (κ1) is 15.4. The number of amides is 1. The third kappa shape index (κ3) is 5.92. The molecule has 1 amide bonds. The molecule has 0 radical (unpaired) electrons. The van der Waals surface area contributed by atoms with Crippen LogP contribution in [0.3, 0.4) is 0 Å². The summed E-state index contributed by atoms with van der Waals surface area (Å²) in [5.74, 6) is -0.0236. The Balaban J connectivity index is 1.62. The van der Waals surface area contributed by atoms with Crippen LogP contribution in [-0.4, -0.2) is 12.1 Å². The quantitative estimate of drug-likeness (QED) is 0.470. The molecule has 0 aliphatic rings. The molecule has 0 spiro atoms. The van der Waals surface area contributed by atoms with E-state index in [-0.39, 0.29) is 5.91 Å². The number of hydrogen-bond acceptors (Lipinski definition) is 3. The summed E-state index contributed by atoms with van der Waals surface area (Å²) in [5, 5.41) is 6.06. The number of rotatable bonds is 7. The monoisotopic (exact) mass is 300 g/mol. The lowest BCUT2D eigenvalue weighted by molar-refractivity contribution is -0.121. The Morgan fingerprint density at radius 1 is 1.24 bits per heavy atom. The van der Waals surface area contributed by atoms with Crippen LogP contribution in [0, 0.1) is 6.92 Å². The molecule has 2 rings (SSSR count). The summed E-state index contributed by atoms with van der Waals surface area (Å²) in [6.45, 7) is 2.04. The van der Waals surface area contributed by atoms with Gasteiger partial charge in [-0.1, -0.05) is 35.9 Å². The average molecular weight is 300 g/mol. The minimum Gasteiger partial charge on any atom is -0.273 e. The molecule has 1 N–H and O–H groups in total. The van der Waals surface area contributed by atoms with Gasteiger partial charge in [0.1, 0.15) is 0 Å². The summed E-state index contributed by atoms with van der Waals surface area (Å²) in [7, 11) is 0. The van der Waals surface area contributed by atoms with Gasteiger partial charge in [0.15, 0.2) is 0 Å². The van der Waals surface area contributed by atoms with E-state index in [1.165, 1.54) is 10.4 Å². The van der Waals surface area contributed by atoms with Crippen molar-refractivity contribution in [2.75, 3.05) is 0 Å². The molecule has 1 heterocycles. The van der Waals surface area contributed by atoms with Crippen molar-refractivity contribution in [3.05, 3.63) is 57.8 Å². The number of aryl methyl sites for hydroxylation is 2. The van der Waals surface area contributed by atoms with Crippen molar-refractivity contribution < 1.29 is 4.79 Å². The van der Waals surface area contributed by atoms with E-state index in [0.717, 1.165) is 24.8 Å². The Kier molecular flexibility index (Phi) is 6.16. The fourth-order valence-electron chi connectivity index (χ4n) is 1.93. The molecule has 3 nitrogen and oxygen atoms in total. The zero-order valence-corrected chi connectivity index (χ0v) is 13.0. The molecular weight excluding hydrogens is 280 g/mol. The Morgan fingerprint density at radius 2 is 2.05 bits per heavy atom. The number of nitrogens with one attached hydrogen (secondary N) is 1. The highest BCUT2D eigenvalue weighted by atomic mass is 32.1. The van der Waals surface area contributed by atoms with Gasteiger partial charge in [0, 0.05) is 11.3 Å². The van der Waals surface area contributed by atoms with Crippen molar-refractivity contribution in [2.24, 2.45) is 5.10 Å². The molecule has 110 valence electrons. The van der Waals surface area contributed by atoms with Gasteiger partial charge in [-0.15, -0.1) is 11.3 Å². The summed E-state index contributed by atoms with van der Waals surface area (Å²) in [5.41, 5.74) is 4.77. The topological polar surface area (TPSA) is 41.5 Å². The minimum atomic E-state index is -0.0236. The lowest BCUT2D eigenvalue weighted by Gasteiger charge is -2.00. The van der Waals surface area contributed by atoms with Gasteiger partial charge in [0.05, 0.1) is 6.21 Å². The van der Waals surface area contributed by atoms with Crippen molar-refractivity contribution in [3.8, 4) is 0 Å². The van der Waals surface area contributed by atoms with Crippen molar-refractivity contribution in [1.29, 1.82) is 0 Å². The fraction of sp³-hybridized carbons (Fsp3) is 0.294. The fourth-order valence-corrected chi connectivity index (χ4v) is 2.68. The van der Waals surface area contributed by atoms with E-state index in [1.54, 1.807) is 17.6 Å². The molecule has 0 fully saturated rings. The highest BCUT2D eigenvalue weighted by Crippen LogP contribution is 2.12. The van der Waals surface area contributed by atoms with E-state index in [0.29, 0.717) is 6.42 Å². The number of hydrazone groups is 1. The zero-order chi connectivity index (χ0) is 14.9. The van der Waals surface area contributed by atoms with Gasteiger partial charge in [-0.25, -0.2) is 5.43 Å². The van der Waals surface area contributed by atoms with E-state index < -0.39 is 0 Å². The third-order valence-electron chi connectivity index (χ3n) is 3.14. The molecule has 0 saturated heterocycles. The van der Waals surface area contributed by atoms with Gasteiger partial charge < -0.3 is 0 Å². The Bertz CT molecular complexity index is 573. The van der Waals surface area contributed by atoms with Crippen LogP contribution in [0.2, 0.25) is 0 Å². The highest BCUT2D eigenvalue weighted by Gasteiger charge is 2.00. The van der Waals surface area contributed by atoms with E-state index >= 15 is 0 Å². The van der Waals surface area contributed by atoms with Crippen LogP contribution in [0.15, 0.2) is 46.9 Å². The molecule has 1 aromatic heterocycles. The van der Waals surface area contributed by atoms with Gasteiger partial charge in [0.25, 0.3) is 0 Å². The summed E-state index contributed by atoms with van der Waals surface area (Å²) in [6.07, 6.45) is 5.18. The maximum Gasteiger partial charge on any atom is 0.240 e. The maximum absolute atomic E-state index is 11.6. The van der Waals surface area contributed by atoms with Crippen molar-refractivity contribution >= 4 is 23.5 Å². The van der Waals surface area contributed by atoms with Crippen LogP contribution in [0.1, 0.15) is 35.3 Å². The Morgan fingerprint density at radius 3 is 2.76 bits per heavy atom. The largest absolute Gasteiger partial charge is 0.273 e. The Hall–Kier alpha value is -1.94. The molecule has 4 heteroatoms. The maximum atomic E-state index is 11.6. The molecular formula is C17H20N2OS. The van der Waals surface area contributed by atoms with Gasteiger partial charge >= 0.3 is 0 Å². The second-order valence-corrected chi connectivity index (χ2v) is 6.02. The average Bonchev–Trinajstić information content (AvgIpc) is 2.99. The number of carbonyl (C=O) groups excluding carboxylic acids is 1. The lowest BCUT2D eigenvalue weighted by atomic mass is 10.1. The van der Waals surface area contributed by atoms with Gasteiger partial charge in [-0.3, -0.25) is 4.79 Å². The third-order valence-corrected chi connectivity index (χ3v) is 4.07. The molecule has 1 aromatic carbocycles. The normalized spacial score (nSPS) is 10.9. The Labute approximate surface area is 129 Å². The van der Waals surface area contributed by atoms with Crippen molar-refractivity contribution in [1.82, 2.24) is 5.43 Å². The molecule has 0 atom stereocenters.